The summed E-state index contributed by atoms with van der Waals surface area (Å²) in [5.41, 5.74) is 0.714. The minimum Gasteiger partial charge on any atom is -0.462 e. The number of hydrogen-bond donors (Lipinski definition) is 2. The molecule has 0 aliphatic heterocycles. The van der Waals surface area contributed by atoms with E-state index >= 15 is 0 Å². The average molecular weight is 369 g/mol. The highest BCUT2D eigenvalue weighted by Crippen LogP contribution is 2.24. The molecule has 0 aromatic carbocycles. The maximum atomic E-state index is 12.0. The van der Waals surface area contributed by atoms with Gasteiger partial charge in [0.1, 0.15) is 9.88 Å². The van der Waals surface area contributed by atoms with Gasteiger partial charge >= 0.3 is 5.97 Å². The molecular weight excluding hydrogens is 336 g/mol. The van der Waals surface area contributed by atoms with Gasteiger partial charge in [-0.3, -0.25) is 4.99 Å². The Hall–Kier alpha value is -1.63. The number of esters is 1. The van der Waals surface area contributed by atoms with E-state index in [-0.39, 0.29) is 12.0 Å². The summed E-state index contributed by atoms with van der Waals surface area (Å²) in [6, 6.07) is -0.0358. The molecule has 1 atom stereocenters. The number of carbonyl (C=O) groups is 1. The van der Waals surface area contributed by atoms with Crippen molar-refractivity contribution in [2.75, 3.05) is 19.7 Å². The average Bonchev–Trinajstić information content (AvgIpc) is 2.98. The van der Waals surface area contributed by atoms with Crippen molar-refractivity contribution in [1.82, 2.24) is 15.6 Å². The van der Waals surface area contributed by atoms with Crippen LogP contribution in [0.3, 0.4) is 0 Å². The molecule has 1 rings (SSSR count). The van der Waals surface area contributed by atoms with Crippen molar-refractivity contribution in [2.45, 2.75) is 60.4 Å². The second kappa shape index (κ2) is 11.1. The van der Waals surface area contributed by atoms with Gasteiger partial charge in [0.15, 0.2) is 5.96 Å². The van der Waals surface area contributed by atoms with Crippen LogP contribution in [0.2, 0.25) is 0 Å². The number of nitrogens with zero attached hydrogens (tertiary/aromatic N) is 2. The van der Waals surface area contributed by atoms with Gasteiger partial charge in [0.05, 0.1) is 18.3 Å². The maximum Gasteiger partial charge on any atom is 0.350 e. The van der Waals surface area contributed by atoms with Crippen LogP contribution in [-0.4, -0.2) is 36.6 Å². The monoisotopic (exact) mass is 368 g/mol. The fourth-order valence-electron chi connectivity index (χ4n) is 2.34. The van der Waals surface area contributed by atoms with Crippen molar-refractivity contribution in [3.05, 3.63) is 15.6 Å². The maximum absolute atomic E-state index is 12.0. The van der Waals surface area contributed by atoms with E-state index < -0.39 is 0 Å². The van der Waals surface area contributed by atoms with E-state index in [1.54, 1.807) is 6.92 Å². The molecule has 0 bridgehead atoms. The first kappa shape index (κ1) is 21.4. The first-order valence-corrected chi connectivity index (χ1v) is 9.97. The molecule has 1 heterocycles. The van der Waals surface area contributed by atoms with Crippen LogP contribution >= 0.6 is 11.3 Å². The zero-order chi connectivity index (χ0) is 18.8. The number of rotatable bonds is 9. The number of ether oxygens (including phenoxy) is 1. The summed E-state index contributed by atoms with van der Waals surface area (Å²) < 4.78 is 5.09. The summed E-state index contributed by atoms with van der Waals surface area (Å²) in [4.78, 5) is 21.8. The first-order chi connectivity index (χ1) is 12.0. The van der Waals surface area contributed by atoms with E-state index in [2.05, 4.69) is 29.5 Å². The van der Waals surface area contributed by atoms with Crippen molar-refractivity contribution in [1.29, 1.82) is 0 Å². The molecule has 6 nitrogen and oxygen atoms in total. The van der Waals surface area contributed by atoms with Crippen molar-refractivity contribution in [3.63, 3.8) is 0 Å². The minimum atomic E-state index is -0.301. The Balaban J connectivity index is 2.83. The van der Waals surface area contributed by atoms with Crippen LogP contribution < -0.4 is 10.6 Å². The third-order valence-corrected chi connectivity index (χ3v) is 5.32. The summed E-state index contributed by atoms with van der Waals surface area (Å²) >= 11 is 1.38. The molecule has 142 valence electrons. The van der Waals surface area contributed by atoms with Gasteiger partial charge in [-0.05, 0) is 33.6 Å². The fourth-order valence-corrected chi connectivity index (χ4v) is 3.31. The van der Waals surface area contributed by atoms with Crippen LogP contribution in [-0.2, 0) is 4.74 Å². The second-order valence-corrected chi connectivity index (χ2v) is 6.99. The smallest absolute Gasteiger partial charge is 0.350 e. The van der Waals surface area contributed by atoms with E-state index in [4.69, 9.17) is 9.73 Å². The summed E-state index contributed by atoms with van der Waals surface area (Å²) in [7, 11) is 0. The summed E-state index contributed by atoms with van der Waals surface area (Å²) in [6.45, 7) is 14.1. The molecule has 7 heteroatoms. The van der Waals surface area contributed by atoms with Gasteiger partial charge in [-0.2, -0.15) is 0 Å². The van der Waals surface area contributed by atoms with E-state index in [1.807, 2.05) is 20.8 Å². The molecule has 0 spiro atoms. The van der Waals surface area contributed by atoms with Crippen LogP contribution in [0.4, 0.5) is 0 Å². The number of guanidine groups is 1. The lowest BCUT2D eigenvalue weighted by atomic mass is 10.0. The standard InChI is InChI=1S/C18H32N4O2S/c1-7-14(8-2)11-20-18(19-9-3)22-13(6)16-21-12(5)15(25-16)17(23)24-10-4/h13-14H,7-11H2,1-6H3,(H2,19,20,22). The van der Waals surface area contributed by atoms with E-state index in [1.165, 1.54) is 11.3 Å². The van der Waals surface area contributed by atoms with Crippen LogP contribution in [0, 0.1) is 12.8 Å². The second-order valence-electron chi connectivity index (χ2n) is 5.96. The Morgan fingerprint density at radius 2 is 1.96 bits per heavy atom. The van der Waals surface area contributed by atoms with E-state index in [0.717, 1.165) is 36.9 Å². The topological polar surface area (TPSA) is 75.6 Å². The largest absolute Gasteiger partial charge is 0.462 e. The van der Waals surface area contributed by atoms with E-state index in [9.17, 15) is 4.79 Å². The van der Waals surface area contributed by atoms with Crippen LogP contribution in [0.15, 0.2) is 4.99 Å². The molecule has 0 aliphatic carbocycles. The predicted octanol–water partition coefficient (Wildman–Crippen LogP) is 3.68. The lowest BCUT2D eigenvalue weighted by molar-refractivity contribution is 0.0531. The Morgan fingerprint density at radius 1 is 1.28 bits per heavy atom. The Kier molecular flexibility index (Phi) is 9.49. The molecule has 0 fully saturated rings. The van der Waals surface area contributed by atoms with Crippen LogP contribution in [0.25, 0.3) is 0 Å². The zero-order valence-corrected chi connectivity index (χ0v) is 17.1. The third-order valence-electron chi connectivity index (χ3n) is 4.00. The molecule has 1 aromatic heterocycles. The SMILES string of the molecule is CCNC(=NCC(CC)CC)NC(C)c1nc(C)c(C(=O)OCC)s1. The molecule has 0 amide bonds. The Morgan fingerprint density at radius 3 is 2.52 bits per heavy atom. The number of thiazole rings is 1. The molecular formula is C18H32N4O2S. The highest BCUT2D eigenvalue weighted by molar-refractivity contribution is 7.13. The van der Waals surface area contributed by atoms with Gasteiger partial charge in [-0.1, -0.05) is 26.7 Å². The van der Waals surface area contributed by atoms with Gasteiger partial charge in [0.2, 0.25) is 0 Å². The summed E-state index contributed by atoms with van der Waals surface area (Å²) in [5.74, 6) is 1.08. The summed E-state index contributed by atoms with van der Waals surface area (Å²) in [6.07, 6.45) is 2.26. The molecule has 0 saturated heterocycles. The lowest BCUT2D eigenvalue weighted by Gasteiger charge is -2.17. The van der Waals surface area contributed by atoms with Crippen molar-refractivity contribution in [3.8, 4) is 0 Å². The Bertz CT molecular complexity index is 567. The van der Waals surface area contributed by atoms with Crippen molar-refractivity contribution >= 4 is 23.3 Å². The molecule has 1 unspecified atom stereocenters. The third kappa shape index (κ3) is 6.65. The molecule has 0 radical (unpaired) electrons. The van der Waals surface area contributed by atoms with Crippen LogP contribution in [0.5, 0.6) is 0 Å². The molecule has 0 saturated carbocycles. The highest BCUT2D eigenvalue weighted by Gasteiger charge is 2.20. The van der Waals surface area contributed by atoms with Gasteiger partial charge in [-0.15, -0.1) is 11.3 Å². The highest BCUT2D eigenvalue weighted by atomic mass is 32.1. The molecule has 0 aliphatic rings. The predicted molar refractivity (Wildman–Crippen MR) is 104 cm³/mol. The van der Waals surface area contributed by atoms with Gasteiger partial charge < -0.3 is 15.4 Å². The fraction of sp³-hybridized carbons (Fsp3) is 0.722. The molecule has 25 heavy (non-hydrogen) atoms. The number of nitrogens with one attached hydrogen (secondary N) is 2. The van der Waals surface area contributed by atoms with E-state index in [0.29, 0.717) is 23.1 Å². The van der Waals surface area contributed by atoms with Crippen molar-refractivity contribution in [2.24, 2.45) is 10.9 Å². The van der Waals surface area contributed by atoms with Gasteiger partial charge in [0, 0.05) is 13.1 Å². The summed E-state index contributed by atoms with van der Waals surface area (Å²) in [5, 5.41) is 7.51. The van der Waals surface area contributed by atoms with Gasteiger partial charge in [-0.25, -0.2) is 9.78 Å². The van der Waals surface area contributed by atoms with Crippen LogP contribution in [0.1, 0.15) is 73.9 Å². The number of aryl methyl sites for hydroxylation is 1. The first-order valence-electron chi connectivity index (χ1n) is 9.15. The molecule has 2 N–H and O–H groups in total. The normalized spacial score (nSPS) is 13.0. The molecule has 1 aromatic rings. The minimum absolute atomic E-state index is 0.0358. The number of hydrogen-bond acceptors (Lipinski definition) is 5. The quantitative estimate of drug-likeness (QED) is 0.395. The Labute approximate surface area is 155 Å². The zero-order valence-electron chi connectivity index (χ0n) is 16.3. The van der Waals surface area contributed by atoms with Crippen molar-refractivity contribution < 1.29 is 9.53 Å². The lowest BCUT2D eigenvalue weighted by Crippen LogP contribution is -2.39. The number of aliphatic imine (C=N–C) groups is 1. The number of aromatic nitrogens is 1. The van der Waals surface area contributed by atoms with Gasteiger partial charge in [0.25, 0.3) is 0 Å². The number of carbonyl (C=O) groups excluding carboxylic acids is 1.